The highest BCUT2D eigenvalue weighted by atomic mass is 35.5. The summed E-state index contributed by atoms with van der Waals surface area (Å²) in [6.45, 7) is 5.10. The summed E-state index contributed by atoms with van der Waals surface area (Å²) in [6, 6.07) is 0.206. The zero-order valence-electron chi connectivity index (χ0n) is 11.6. The molecule has 0 saturated carbocycles. The highest BCUT2D eigenvalue weighted by Crippen LogP contribution is 2.22. The van der Waals surface area contributed by atoms with Crippen LogP contribution in [0.15, 0.2) is 0 Å². The molecule has 7 nitrogen and oxygen atoms in total. The Morgan fingerprint density at radius 1 is 1.25 bits per heavy atom. The van der Waals surface area contributed by atoms with Gasteiger partial charge in [0.2, 0.25) is 5.91 Å². The molecule has 9 heteroatoms. The molecule has 3 N–H and O–H groups in total. The Balaban J connectivity index is 0.00000200. The summed E-state index contributed by atoms with van der Waals surface area (Å²) in [6.07, 6.45) is 1.12. The number of piperazine rings is 1. The van der Waals surface area contributed by atoms with Crippen molar-refractivity contribution in [2.45, 2.75) is 25.8 Å². The average molecular weight is 327 g/mol. The molecule has 0 aromatic heterocycles. The summed E-state index contributed by atoms with van der Waals surface area (Å²) in [5.41, 5.74) is 0. The van der Waals surface area contributed by atoms with Gasteiger partial charge in [-0.05, 0) is 19.8 Å². The summed E-state index contributed by atoms with van der Waals surface area (Å²) in [7, 11) is -3.61. The maximum atomic E-state index is 12.4. The van der Waals surface area contributed by atoms with E-state index >= 15 is 0 Å². The fourth-order valence-corrected chi connectivity index (χ4v) is 3.48. The van der Waals surface area contributed by atoms with Crippen molar-refractivity contribution in [1.29, 1.82) is 0 Å². The molecule has 2 fully saturated rings. The molecule has 0 unspecified atom stereocenters. The minimum atomic E-state index is -3.61. The van der Waals surface area contributed by atoms with Crippen LogP contribution in [0.2, 0.25) is 0 Å². The maximum absolute atomic E-state index is 12.4. The highest BCUT2D eigenvalue weighted by molar-refractivity contribution is 7.86. The predicted octanol–water partition coefficient (Wildman–Crippen LogP) is -0.856. The third-order valence-corrected chi connectivity index (χ3v) is 5.03. The standard InChI is InChI=1S/C11H22N4O3S.ClH/c1-9-8-13-4-7-15(9)11(16)10-2-5-14(6-3-10)19(12,17)18;/h9-10,13H,2-8H2,1H3,(H2,12,17,18);1H/t9-;/m1./s1. The van der Waals surface area contributed by atoms with Crippen molar-refractivity contribution in [3.05, 3.63) is 0 Å². The predicted molar refractivity (Wildman–Crippen MR) is 78.7 cm³/mol. The minimum absolute atomic E-state index is 0. The van der Waals surface area contributed by atoms with Crippen LogP contribution in [-0.2, 0) is 15.0 Å². The van der Waals surface area contributed by atoms with Gasteiger partial charge >= 0.3 is 0 Å². The third kappa shape index (κ3) is 4.05. The van der Waals surface area contributed by atoms with Crippen LogP contribution in [0.5, 0.6) is 0 Å². The first-order valence-electron chi connectivity index (χ1n) is 6.68. The second kappa shape index (κ2) is 7.04. The molecule has 0 bridgehead atoms. The number of rotatable bonds is 2. The first-order valence-corrected chi connectivity index (χ1v) is 8.19. The van der Waals surface area contributed by atoms with E-state index in [0.29, 0.717) is 25.9 Å². The first kappa shape index (κ1) is 17.6. The molecule has 2 aliphatic heterocycles. The van der Waals surface area contributed by atoms with Gasteiger partial charge < -0.3 is 10.2 Å². The van der Waals surface area contributed by atoms with Crippen LogP contribution in [0.1, 0.15) is 19.8 Å². The molecule has 20 heavy (non-hydrogen) atoms. The van der Waals surface area contributed by atoms with Crippen molar-refractivity contribution in [2.75, 3.05) is 32.7 Å². The van der Waals surface area contributed by atoms with Crippen molar-refractivity contribution in [2.24, 2.45) is 11.1 Å². The molecule has 2 rings (SSSR count). The molecule has 1 amide bonds. The van der Waals surface area contributed by atoms with E-state index in [-0.39, 0.29) is 30.3 Å². The fourth-order valence-electron chi connectivity index (χ4n) is 2.76. The molecule has 0 aromatic rings. The van der Waals surface area contributed by atoms with Gasteiger partial charge in [-0.25, -0.2) is 5.14 Å². The van der Waals surface area contributed by atoms with Gasteiger partial charge in [-0.1, -0.05) is 0 Å². The van der Waals surface area contributed by atoms with E-state index in [1.54, 1.807) is 0 Å². The summed E-state index contributed by atoms with van der Waals surface area (Å²) in [4.78, 5) is 14.3. The Bertz CT molecular complexity index is 437. The number of halogens is 1. The van der Waals surface area contributed by atoms with Gasteiger partial charge in [-0.3, -0.25) is 4.79 Å². The normalized spacial score (nSPS) is 26.1. The van der Waals surface area contributed by atoms with Crippen LogP contribution in [0, 0.1) is 5.92 Å². The first-order chi connectivity index (χ1) is 8.89. The van der Waals surface area contributed by atoms with Crippen LogP contribution < -0.4 is 10.5 Å². The van der Waals surface area contributed by atoms with E-state index < -0.39 is 10.2 Å². The van der Waals surface area contributed by atoms with E-state index in [9.17, 15) is 13.2 Å². The number of hydrogen-bond acceptors (Lipinski definition) is 4. The Kier molecular flexibility index (Phi) is 6.21. The molecule has 118 valence electrons. The van der Waals surface area contributed by atoms with Crippen LogP contribution >= 0.6 is 12.4 Å². The van der Waals surface area contributed by atoms with Crippen molar-refractivity contribution < 1.29 is 13.2 Å². The van der Waals surface area contributed by atoms with E-state index in [0.717, 1.165) is 19.6 Å². The minimum Gasteiger partial charge on any atom is -0.337 e. The Morgan fingerprint density at radius 2 is 1.85 bits per heavy atom. The topological polar surface area (TPSA) is 95.7 Å². The lowest BCUT2D eigenvalue weighted by atomic mass is 9.95. The fraction of sp³-hybridized carbons (Fsp3) is 0.909. The molecule has 0 radical (unpaired) electrons. The second-order valence-corrected chi connectivity index (χ2v) is 6.85. The van der Waals surface area contributed by atoms with Gasteiger partial charge in [0.15, 0.2) is 0 Å². The smallest absolute Gasteiger partial charge is 0.276 e. The number of piperidine rings is 1. The number of nitrogens with two attached hydrogens (primary N) is 1. The molecule has 0 aromatic carbocycles. The van der Waals surface area contributed by atoms with Crippen LogP contribution in [0.3, 0.4) is 0 Å². The molecular weight excluding hydrogens is 304 g/mol. The number of nitrogens with zero attached hydrogens (tertiary/aromatic N) is 2. The lowest BCUT2D eigenvalue weighted by Crippen LogP contribution is -2.55. The second-order valence-electron chi connectivity index (χ2n) is 5.30. The Hall–Kier alpha value is -0.410. The number of carbonyl (C=O) groups excluding carboxylic acids is 1. The lowest BCUT2D eigenvalue weighted by molar-refractivity contribution is -0.139. The molecule has 2 saturated heterocycles. The molecule has 0 aliphatic carbocycles. The number of hydrogen-bond donors (Lipinski definition) is 2. The van der Waals surface area contributed by atoms with Gasteiger partial charge in [0.1, 0.15) is 0 Å². The number of amides is 1. The zero-order valence-corrected chi connectivity index (χ0v) is 13.3. The van der Waals surface area contributed by atoms with Crippen molar-refractivity contribution in [3.8, 4) is 0 Å². The third-order valence-electron chi connectivity index (χ3n) is 3.95. The number of nitrogens with one attached hydrogen (secondary N) is 1. The molecule has 1 atom stereocenters. The van der Waals surface area contributed by atoms with Gasteiger partial charge in [-0.2, -0.15) is 12.7 Å². The quantitative estimate of drug-likeness (QED) is 0.690. The van der Waals surface area contributed by atoms with E-state index in [1.807, 2.05) is 11.8 Å². The summed E-state index contributed by atoms with van der Waals surface area (Å²) >= 11 is 0. The Morgan fingerprint density at radius 3 is 2.35 bits per heavy atom. The van der Waals surface area contributed by atoms with Crippen LogP contribution in [-0.4, -0.2) is 62.3 Å². The van der Waals surface area contributed by atoms with Crippen molar-refractivity contribution in [3.63, 3.8) is 0 Å². The van der Waals surface area contributed by atoms with E-state index in [4.69, 9.17) is 5.14 Å². The molecular formula is C11H23ClN4O3S. The molecule has 2 heterocycles. The SMILES string of the molecule is C[C@@H]1CNCCN1C(=O)C1CCN(S(N)(=O)=O)CC1.Cl. The van der Waals surface area contributed by atoms with Crippen LogP contribution in [0.4, 0.5) is 0 Å². The molecule has 2 aliphatic rings. The highest BCUT2D eigenvalue weighted by Gasteiger charge is 2.33. The number of carbonyl (C=O) groups is 1. The largest absolute Gasteiger partial charge is 0.337 e. The van der Waals surface area contributed by atoms with Crippen molar-refractivity contribution >= 4 is 28.5 Å². The van der Waals surface area contributed by atoms with Gasteiger partial charge in [-0.15, -0.1) is 12.4 Å². The van der Waals surface area contributed by atoms with Gasteiger partial charge in [0.25, 0.3) is 10.2 Å². The maximum Gasteiger partial charge on any atom is 0.276 e. The Labute approximate surface area is 126 Å². The zero-order chi connectivity index (χ0) is 14.0. The lowest BCUT2D eigenvalue weighted by Gasteiger charge is -2.38. The van der Waals surface area contributed by atoms with Gasteiger partial charge in [0.05, 0.1) is 0 Å². The monoisotopic (exact) mass is 326 g/mol. The molecule has 0 spiro atoms. The van der Waals surface area contributed by atoms with E-state index in [2.05, 4.69) is 5.32 Å². The average Bonchev–Trinajstić information content (AvgIpc) is 2.38. The van der Waals surface area contributed by atoms with Crippen LogP contribution in [0.25, 0.3) is 0 Å². The van der Waals surface area contributed by atoms with E-state index in [1.165, 1.54) is 4.31 Å². The summed E-state index contributed by atoms with van der Waals surface area (Å²) in [5.74, 6) is 0.0848. The summed E-state index contributed by atoms with van der Waals surface area (Å²) in [5, 5.41) is 8.34. The van der Waals surface area contributed by atoms with Crippen molar-refractivity contribution in [1.82, 2.24) is 14.5 Å². The van der Waals surface area contributed by atoms with Gasteiger partial charge in [0, 0.05) is 44.7 Å². The summed E-state index contributed by atoms with van der Waals surface area (Å²) < 4.78 is 23.7.